The number of carbonyl (C=O) groups is 1. The van der Waals surface area contributed by atoms with Gasteiger partial charge in [-0.05, 0) is 69.9 Å². The molecule has 0 bridgehead atoms. The van der Waals surface area contributed by atoms with E-state index in [1.807, 2.05) is 11.8 Å². The van der Waals surface area contributed by atoms with E-state index in [2.05, 4.69) is 53.2 Å². The number of H-pyrrole nitrogens is 1. The molecule has 0 aliphatic carbocycles. The van der Waals surface area contributed by atoms with E-state index in [0.29, 0.717) is 17.1 Å². The molecule has 0 saturated carbocycles. The average Bonchev–Trinajstić information content (AvgIpc) is 3.17. The molecule has 2 fully saturated rings. The maximum atomic E-state index is 12.8. The van der Waals surface area contributed by atoms with Crippen molar-refractivity contribution in [3.05, 3.63) is 35.5 Å². The number of likely N-dealkylation sites (tertiary alicyclic amines) is 1. The summed E-state index contributed by atoms with van der Waals surface area (Å²) in [6.45, 7) is 5.40. The van der Waals surface area contributed by atoms with E-state index < -0.39 is 0 Å². The first-order valence-corrected chi connectivity index (χ1v) is 10.7. The predicted octanol–water partition coefficient (Wildman–Crippen LogP) is 3.80. The fourth-order valence-electron chi connectivity index (χ4n) is 4.33. The van der Waals surface area contributed by atoms with Gasteiger partial charge < -0.3 is 14.8 Å². The molecule has 1 N–H and O–H groups in total. The first kappa shape index (κ1) is 17.9. The number of nitrogens with one attached hydrogen (secondary N) is 1. The number of hydrogen-bond acceptors (Lipinski definition) is 3. The quantitative estimate of drug-likeness (QED) is 0.892. The zero-order chi connectivity index (χ0) is 18.1. The average molecular weight is 372 g/mol. The topological polar surface area (TPSA) is 39.3 Å². The lowest BCUT2D eigenvalue weighted by atomic mass is 9.98. The van der Waals surface area contributed by atoms with Crippen molar-refractivity contribution in [3.63, 3.8) is 0 Å². The predicted molar refractivity (Wildman–Crippen MR) is 110 cm³/mol. The summed E-state index contributed by atoms with van der Waals surface area (Å²) < 4.78 is 0.304. The SMILES string of the molecule is Cc1ccc2c(CCC(=O)N3CSC4(CCCN(C)CC4)C3)c[nH]c2c1. The Kier molecular flexibility index (Phi) is 5.02. The molecular formula is C21H29N3OS. The number of hydrogen-bond donors (Lipinski definition) is 1. The van der Waals surface area contributed by atoms with E-state index in [9.17, 15) is 4.79 Å². The van der Waals surface area contributed by atoms with Crippen LogP contribution >= 0.6 is 11.8 Å². The van der Waals surface area contributed by atoms with Crippen molar-refractivity contribution in [1.82, 2.24) is 14.8 Å². The van der Waals surface area contributed by atoms with E-state index in [4.69, 9.17) is 0 Å². The normalized spacial score (nSPS) is 24.5. The lowest BCUT2D eigenvalue weighted by Gasteiger charge is -2.26. The van der Waals surface area contributed by atoms with Gasteiger partial charge in [-0.3, -0.25) is 4.79 Å². The van der Waals surface area contributed by atoms with Crippen molar-refractivity contribution < 1.29 is 4.79 Å². The first-order valence-electron chi connectivity index (χ1n) is 9.72. The van der Waals surface area contributed by atoms with Crippen molar-refractivity contribution in [3.8, 4) is 0 Å². The highest BCUT2D eigenvalue weighted by Gasteiger charge is 2.41. The van der Waals surface area contributed by atoms with Crippen LogP contribution in [0, 0.1) is 6.92 Å². The van der Waals surface area contributed by atoms with E-state index in [1.54, 1.807) is 0 Å². The van der Waals surface area contributed by atoms with Crippen LogP contribution in [0.4, 0.5) is 0 Å². The van der Waals surface area contributed by atoms with Crippen molar-refractivity contribution in [2.24, 2.45) is 0 Å². The molecule has 1 aromatic heterocycles. The van der Waals surface area contributed by atoms with Crippen LogP contribution in [0.25, 0.3) is 10.9 Å². The van der Waals surface area contributed by atoms with Crippen LogP contribution in [-0.2, 0) is 11.2 Å². The maximum absolute atomic E-state index is 12.8. The van der Waals surface area contributed by atoms with E-state index in [0.717, 1.165) is 25.4 Å². The molecule has 1 aromatic carbocycles. The van der Waals surface area contributed by atoms with Crippen LogP contribution in [-0.4, -0.2) is 58.0 Å². The molecule has 0 radical (unpaired) electrons. The highest BCUT2D eigenvalue weighted by Crippen LogP contribution is 2.42. The van der Waals surface area contributed by atoms with Crippen LogP contribution < -0.4 is 0 Å². The number of aryl methyl sites for hydroxylation is 2. The zero-order valence-corrected chi connectivity index (χ0v) is 16.7. The molecule has 4 nitrogen and oxygen atoms in total. The van der Waals surface area contributed by atoms with Gasteiger partial charge in [0, 0.05) is 34.8 Å². The molecule has 1 spiro atoms. The Morgan fingerprint density at radius 2 is 2.19 bits per heavy atom. The van der Waals surface area contributed by atoms with Crippen LogP contribution in [0.15, 0.2) is 24.4 Å². The van der Waals surface area contributed by atoms with Crippen molar-refractivity contribution in [2.45, 2.75) is 43.8 Å². The lowest BCUT2D eigenvalue weighted by molar-refractivity contribution is -0.130. The summed E-state index contributed by atoms with van der Waals surface area (Å²) in [4.78, 5) is 20.7. The van der Waals surface area contributed by atoms with Crippen LogP contribution in [0.3, 0.4) is 0 Å². The van der Waals surface area contributed by atoms with Gasteiger partial charge in [0.2, 0.25) is 5.91 Å². The van der Waals surface area contributed by atoms with Gasteiger partial charge >= 0.3 is 0 Å². The number of fused-ring (bicyclic) bond motifs is 1. The summed E-state index contributed by atoms with van der Waals surface area (Å²) >= 11 is 2.02. The minimum Gasteiger partial charge on any atom is -0.361 e. The molecule has 26 heavy (non-hydrogen) atoms. The largest absolute Gasteiger partial charge is 0.361 e. The zero-order valence-electron chi connectivity index (χ0n) is 15.9. The Balaban J connectivity index is 1.36. The second kappa shape index (κ2) is 7.28. The molecule has 1 unspecified atom stereocenters. The number of aromatic amines is 1. The van der Waals surface area contributed by atoms with Gasteiger partial charge in [-0.1, -0.05) is 12.1 Å². The molecule has 2 saturated heterocycles. The monoisotopic (exact) mass is 371 g/mol. The van der Waals surface area contributed by atoms with Gasteiger partial charge in [0.1, 0.15) is 0 Å². The number of thioether (sulfide) groups is 1. The Labute approximate surface area is 160 Å². The third-order valence-corrected chi connectivity index (χ3v) is 7.60. The Hall–Kier alpha value is -1.46. The van der Waals surface area contributed by atoms with Crippen LogP contribution in [0.2, 0.25) is 0 Å². The van der Waals surface area contributed by atoms with Gasteiger partial charge in [0.15, 0.2) is 0 Å². The fourth-order valence-corrected chi connectivity index (χ4v) is 5.76. The lowest BCUT2D eigenvalue weighted by Crippen LogP contribution is -2.36. The van der Waals surface area contributed by atoms with E-state index in [-0.39, 0.29) is 0 Å². The Bertz CT molecular complexity index is 802. The summed E-state index contributed by atoms with van der Waals surface area (Å²) in [5, 5.41) is 1.25. The number of carbonyl (C=O) groups excluding carboxylic acids is 1. The summed E-state index contributed by atoms with van der Waals surface area (Å²) in [5.41, 5.74) is 3.69. The smallest absolute Gasteiger partial charge is 0.223 e. The maximum Gasteiger partial charge on any atom is 0.223 e. The highest BCUT2D eigenvalue weighted by atomic mass is 32.2. The van der Waals surface area contributed by atoms with E-state index >= 15 is 0 Å². The highest BCUT2D eigenvalue weighted by molar-refractivity contribution is 8.00. The Morgan fingerprint density at radius 3 is 3.08 bits per heavy atom. The number of aromatic nitrogens is 1. The number of amides is 1. The summed E-state index contributed by atoms with van der Waals surface area (Å²) in [6.07, 6.45) is 7.20. The third-order valence-electron chi connectivity index (χ3n) is 6.01. The van der Waals surface area contributed by atoms with Crippen molar-refractivity contribution >= 4 is 28.6 Å². The molecule has 1 atom stereocenters. The number of benzene rings is 1. The fraction of sp³-hybridized carbons (Fsp3) is 0.571. The van der Waals surface area contributed by atoms with Gasteiger partial charge in [-0.15, -0.1) is 11.8 Å². The first-order chi connectivity index (χ1) is 12.5. The molecular weight excluding hydrogens is 342 g/mol. The van der Waals surface area contributed by atoms with Gasteiger partial charge in [-0.25, -0.2) is 0 Å². The van der Waals surface area contributed by atoms with Crippen LogP contribution in [0.5, 0.6) is 0 Å². The van der Waals surface area contributed by atoms with Crippen molar-refractivity contribution in [2.75, 3.05) is 32.6 Å². The van der Waals surface area contributed by atoms with Gasteiger partial charge in [-0.2, -0.15) is 0 Å². The second-order valence-corrected chi connectivity index (χ2v) is 9.48. The molecule has 140 valence electrons. The minimum atomic E-state index is 0.304. The molecule has 4 rings (SSSR count). The van der Waals surface area contributed by atoms with Crippen molar-refractivity contribution in [1.29, 1.82) is 0 Å². The molecule has 5 heteroatoms. The van der Waals surface area contributed by atoms with E-state index in [1.165, 1.54) is 47.8 Å². The molecule has 2 aliphatic heterocycles. The molecule has 2 aromatic rings. The van der Waals surface area contributed by atoms with Crippen LogP contribution in [0.1, 0.15) is 36.8 Å². The Morgan fingerprint density at radius 1 is 1.31 bits per heavy atom. The summed E-state index contributed by atoms with van der Waals surface area (Å²) in [5.74, 6) is 1.18. The molecule has 3 heterocycles. The second-order valence-electron chi connectivity index (χ2n) is 8.07. The number of rotatable bonds is 3. The third kappa shape index (κ3) is 3.65. The van der Waals surface area contributed by atoms with Gasteiger partial charge in [0.05, 0.1) is 5.88 Å². The molecule has 1 amide bonds. The minimum absolute atomic E-state index is 0.304. The molecule has 2 aliphatic rings. The summed E-state index contributed by atoms with van der Waals surface area (Å²) in [6, 6.07) is 6.49. The van der Waals surface area contributed by atoms with Gasteiger partial charge in [0.25, 0.3) is 0 Å². The standard InChI is InChI=1S/C21H29N3OS/c1-16-4-6-18-17(13-22-19(18)12-16)5-7-20(25)24-14-21(26-15-24)8-3-10-23(2)11-9-21/h4,6,12-13,22H,3,5,7-11,14-15H2,1-2H3. The number of nitrogens with zero attached hydrogens (tertiary/aromatic N) is 2. The summed E-state index contributed by atoms with van der Waals surface area (Å²) in [7, 11) is 2.21.